The molecule has 0 radical (unpaired) electrons. The highest BCUT2D eigenvalue weighted by atomic mass is 19.1. The van der Waals surface area contributed by atoms with E-state index < -0.39 is 12.1 Å². The molecule has 6 heteroatoms. The molecule has 17 heavy (non-hydrogen) atoms. The number of rotatable bonds is 5. The zero-order valence-electron chi connectivity index (χ0n) is 9.69. The molecule has 5 nitrogen and oxygen atoms in total. The molecule has 0 aromatic heterocycles. The fourth-order valence-corrected chi connectivity index (χ4v) is 1.39. The van der Waals surface area contributed by atoms with Gasteiger partial charge in [-0.3, -0.25) is 0 Å². The summed E-state index contributed by atoms with van der Waals surface area (Å²) >= 11 is 0. The van der Waals surface area contributed by atoms with Crippen molar-refractivity contribution >= 4 is 5.97 Å². The van der Waals surface area contributed by atoms with Crippen molar-refractivity contribution < 1.29 is 28.5 Å². The van der Waals surface area contributed by atoms with E-state index in [-0.39, 0.29) is 22.8 Å². The van der Waals surface area contributed by atoms with Crippen LogP contribution in [0.4, 0.5) is 4.39 Å². The quantitative estimate of drug-likeness (QED) is 0.855. The van der Waals surface area contributed by atoms with Crippen molar-refractivity contribution in [3.8, 4) is 17.2 Å². The van der Waals surface area contributed by atoms with Gasteiger partial charge in [-0.2, -0.15) is 0 Å². The summed E-state index contributed by atoms with van der Waals surface area (Å²) in [6.45, 7) is 0. The molecule has 1 atom stereocenters. The zero-order valence-corrected chi connectivity index (χ0v) is 9.69. The summed E-state index contributed by atoms with van der Waals surface area (Å²) < 4.78 is 28.4. The Morgan fingerprint density at radius 2 is 1.65 bits per heavy atom. The first-order chi connectivity index (χ1) is 8.04. The van der Waals surface area contributed by atoms with Crippen LogP contribution < -0.4 is 14.2 Å². The van der Waals surface area contributed by atoms with Crippen LogP contribution in [0.1, 0.15) is 11.7 Å². The van der Waals surface area contributed by atoms with Crippen molar-refractivity contribution in [1.29, 1.82) is 0 Å². The van der Waals surface area contributed by atoms with Crippen molar-refractivity contribution in [2.75, 3.05) is 21.3 Å². The lowest BCUT2D eigenvalue weighted by Crippen LogP contribution is -2.07. The first kappa shape index (κ1) is 13.1. The molecule has 0 fully saturated rings. The topological polar surface area (TPSA) is 65.0 Å². The highest BCUT2D eigenvalue weighted by molar-refractivity contribution is 5.75. The van der Waals surface area contributed by atoms with Crippen molar-refractivity contribution in [2.45, 2.75) is 6.17 Å². The molecular weight excluding hydrogens is 231 g/mol. The molecule has 0 spiro atoms. The molecule has 0 heterocycles. The van der Waals surface area contributed by atoms with Crippen LogP contribution in [0.25, 0.3) is 0 Å². The van der Waals surface area contributed by atoms with Crippen molar-refractivity contribution in [3.05, 3.63) is 17.7 Å². The predicted octanol–water partition coefficient (Wildman–Crippen LogP) is 1.81. The Kier molecular flexibility index (Phi) is 4.14. The highest BCUT2D eigenvalue weighted by Gasteiger charge is 2.23. The molecule has 1 rings (SSSR count). The van der Waals surface area contributed by atoms with E-state index in [0.29, 0.717) is 0 Å². The first-order valence-corrected chi connectivity index (χ1v) is 4.72. The molecule has 0 aliphatic heterocycles. The number of alkyl halides is 1. The van der Waals surface area contributed by atoms with Crippen LogP contribution in [0, 0.1) is 0 Å². The van der Waals surface area contributed by atoms with E-state index in [2.05, 4.69) is 0 Å². The van der Waals surface area contributed by atoms with Gasteiger partial charge < -0.3 is 19.3 Å². The van der Waals surface area contributed by atoms with Crippen LogP contribution in [-0.2, 0) is 4.79 Å². The van der Waals surface area contributed by atoms with E-state index in [1.165, 1.54) is 33.5 Å². The Morgan fingerprint density at radius 1 is 1.18 bits per heavy atom. The summed E-state index contributed by atoms with van der Waals surface area (Å²) in [6.07, 6.45) is -2.14. The van der Waals surface area contributed by atoms with E-state index >= 15 is 0 Å². The third-order valence-corrected chi connectivity index (χ3v) is 2.20. The standard InChI is InChI=1S/C11H13FO5/c1-15-7-4-6(9(12)11(13)14)5-8(16-2)10(7)17-3/h4-5,9H,1-3H3,(H,13,14). The smallest absolute Gasteiger partial charge is 0.343 e. The van der Waals surface area contributed by atoms with Crippen molar-refractivity contribution in [2.24, 2.45) is 0 Å². The number of carboxylic acids is 1. The molecule has 0 bridgehead atoms. The van der Waals surface area contributed by atoms with Gasteiger partial charge in [-0.05, 0) is 12.1 Å². The van der Waals surface area contributed by atoms with Crippen LogP contribution in [-0.4, -0.2) is 32.4 Å². The van der Waals surface area contributed by atoms with Gasteiger partial charge in [-0.1, -0.05) is 0 Å². The number of carbonyl (C=O) groups is 1. The lowest BCUT2D eigenvalue weighted by atomic mass is 10.1. The Balaban J connectivity index is 3.31. The number of carboxylic acid groups (broad SMARTS) is 1. The minimum absolute atomic E-state index is 0.0630. The summed E-state index contributed by atoms with van der Waals surface area (Å²) in [4.78, 5) is 10.6. The predicted molar refractivity (Wildman–Crippen MR) is 57.6 cm³/mol. The molecule has 0 saturated carbocycles. The van der Waals surface area contributed by atoms with Gasteiger partial charge in [-0.25, -0.2) is 9.18 Å². The maximum Gasteiger partial charge on any atom is 0.343 e. The van der Waals surface area contributed by atoms with Crippen LogP contribution in [0.5, 0.6) is 17.2 Å². The SMILES string of the molecule is COc1cc(C(F)C(=O)O)cc(OC)c1OC. The van der Waals surface area contributed by atoms with Crippen LogP contribution in [0.3, 0.4) is 0 Å². The van der Waals surface area contributed by atoms with E-state index in [9.17, 15) is 9.18 Å². The van der Waals surface area contributed by atoms with Gasteiger partial charge in [0.15, 0.2) is 11.5 Å². The number of halogens is 1. The molecule has 1 unspecified atom stereocenters. The van der Waals surface area contributed by atoms with Gasteiger partial charge in [0.1, 0.15) is 0 Å². The fraction of sp³-hybridized carbons (Fsp3) is 0.364. The Morgan fingerprint density at radius 3 is 1.94 bits per heavy atom. The number of methoxy groups -OCH3 is 3. The van der Waals surface area contributed by atoms with Gasteiger partial charge in [0.25, 0.3) is 0 Å². The zero-order chi connectivity index (χ0) is 13.0. The fourth-order valence-electron chi connectivity index (χ4n) is 1.39. The van der Waals surface area contributed by atoms with E-state index in [1.807, 2.05) is 0 Å². The largest absolute Gasteiger partial charge is 0.493 e. The minimum Gasteiger partial charge on any atom is -0.493 e. The van der Waals surface area contributed by atoms with Gasteiger partial charge >= 0.3 is 5.97 Å². The minimum atomic E-state index is -2.14. The summed E-state index contributed by atoms with van der Waals surface area (Å²) in [5, 5.41) is 8.60. The Labute approximate surface area is 97.7 Å². The normalized spacial score (nSPS) is 11.8. The molecular formula is C11H13FO5. The molecule has 0 aliphatic rings. The number of hydrogen-bond acceptors (Lipinski definition) is 4. The van der Waals surface area contributed by atoms with Crippen LogP contribution in [0.2, 0.25) is 0 Å². The third kappa shape index (κ3) is 2.58. The van der Waals surface area contributed by atoms with Crippen molar-refractivity contribution in [1.82, 2.24) is 0 Å². The summed E-state index contributed by atoms with van der Waals surface area (Å²) in [6, 6.07) is 2.53. The Hall–Kier alpha value is -1.98. The molecule has 0 saturated heterocycles. The molecule has 1 aromatic rings. The molecule has 1 aromatic carbocycles. The Bertz CT molecular complexity index is 393. The maximum absolute atomic E-state index is 13.4. The highest BCUT2D eigenvalue weighted by Crippen LogP contribution is 2.40. The lowest BCUT2D eigenvalue weighted by molar-refractivity contribution is -0.143. The molecule has 0 aliphatic carbocycles. The number of ether oxygens (including phenoxy) is 3. The number of benzene rings is 1. The van der Waals surface area contributed by atoms with Crippen LogP contribution in [0.15, 0.2) is 12.1 Å². The summed E-state index contributed by atoms with van der Waals surface area (Å²) in [5.41, 5.74) is -0.0630. The molecule has 94 valence electrons. The first-order valence-electron chi connectivity index (χ1n) is 4.72. The van der Waals surface area contributed by atoms with Crippen molar-refractivity contribution in [3.63, 3.8) is 0 Å². The number of hydrogen-bond donors (Lipinski definition) is 1. The van der Waals surface area contributed by atoms with Gasteiger partial charge in [-0.15, -0.1) is 0 Å². The van der Waals surface area contributed by atoms with Gasteiger partial charge in [0.05, 0.1) is 21.3 Å². The summed E-state index contributed by atoms with van der Waals surface area (Å²) in [5.74, 6) is -0.855. The molecule has 0 amide bonds. The third-order valence-electron chi connectivity index (χ3n) is 2.20. The second kappa shape index (κ2) is 5.38. The van der Waals surface area contributed by atoms with E-state index in [0.717, 1.165) is 0 Å². The van der Waals surface area contributed by atoms with E-state index in [4.69, 9.17) is 19.3 Å². The average molecular weight is 244 g/mol. The second-order valence-electron chi connectivity index (χ2n) is 3.16. The second-order valence-corrected chi connectivity index (χ2v) is 3.16. The van der Waals surface area contributed by atoms with Gasteiger partial charge in [0, 0.05) is 5.56 Å². The monoisotopic (exact) mass is 244 g/mol. The van der Waals surface area contributed by atoms with Crippen LogP contribution >= 0.6 is 0 Å². The van der Waals surface area contributed by atoms with Gasteiger partial charge in [0.2, 0.25) is 11.9 Å². The number of aliphatic carboxylic acids is 1. The summed E-state index contributed by atoms with van der Waals surface area (Å²) in [7, 11) is 4.15. The molecule has 1 N–H and O–H groups in total. The maximum atomic E-state index is 13.4. The average Bonchev–Trinajstić information content (AvgIpc) is 2.35. The lowest BCUT2D eigenvalue weighted by Gasteiger charge is -2.14. The van der Waals surface area contributed by atoms with E-state index in [1.54, 1.807) is 0 Å².